The molecule has 6 aromatic heterocycles. The van der Waals surface area contributed by atoms with Crippen LogP contribution in [0.15, 0.2) is 188 Å². The van der Waals surface area contributed by atoms with E-state index in [1.807, 2.05) is 0 Å². The molecule has 58 heavy (non-hydrogen) atoms. The number of fused-ring (bicyclic) bond motifs is 16. The standard InChI is InChI=1S/C53H31N5/c1-3-14-32(15-4-1)40-22-13-27-47(54-40)57-41-23-9-7-18-34(41)36-28-31-44-49(52(36)57)39-21-12-26-46-51(39)56(44)45-25-11-20-35-37-29-30-43-48(53(37)58(46)50(35)45)38-19-8-10-24-42(38)55(43)33-16-5-2-6-17-33/h1-31H. The van der Waals surface area contributed by atoms with Gasteiger partial charge in [0.15, 0.2) is 0 Å². The van der Waals surface area contributed by atoms with Gasteiger partial charge in [-0.3, -0.25) is 4.57 Å². The highest BCUT2D eigenvalue weighted by Crippen LogP contribution is 2.47. The van der Waals surface area contributed by atoms with E-state index in [9.17, 15) is 0 Å². The van der Waals surface area contributed by atoms with E-state index in [4.69, 9.17) is 4.98 Å². The number of rotatable bonds is 3. The average molecular weight is 738 g/mol. The van der Waals surface area contributed by atoms with Crippen molar-refractivity contribution in [3.05, 3.63) is 188 Å². The number of hydrogen-bond donors (Lipinski definition) is 0. The third-order valence-corrected chi connectivity index (χ3v) is 12.7. The van der Waals surface area contributed by atoms with Gasteiger partial charge in [-0.15, -0.1) is 0 Å². The number of nitrogens with zero attached hydrogens (tertiary/aromatic N) is 5. The minimum Gasteiger partial charge on any atom is -0.309 e. The Morgan fingerprint density at radius 1 is 0.293 bits per heavy atom. The maximum atomic E-state index is 5.35. The molecule has 5 nitrogen and oxygen atoms in total. The van der Waals surface area contributed by atoms with E-state index in [0.29, 0.717) is 0 Å². The summed E-state index contributed by atoms with van der Waals surface area (Å²) in [6.07, 6.45) is 0. The molecule has 0 bridgehead atoms. The maximum Gasteiger partial charge on any atom is 0.138 e. The Balaban J connectivity index is 1.19. The summed E-state index contributed by atoms with van der Waals surface area (Å²) in [4.78, 5) is 5.35. The van der Waals surface area contributed by atoms with Gasteiger partial charge in [0.1, 0.15) is 5.82 Å². The van der Waals surface area contributed by atoms with E-state index < -0.39 is 0 Å². The Labute approximate surface area is 330 Å². The van der Waals surface area contributed by atoms with Crippen molar-refractivity contribution < 1.29 is 0 Å². The molecular formula is C53H31N5. The SMILES string of the molecule is c1ccc(-c2cccc(-n3c4ccccc4c4ccc5c(c6cccc7c6n5c5cccc6c8ccc9c(c%10ccccc%10n9-c9ccccc9)c8n7c65)c43)n2)cc1. The minimum absolute atomic E-state index is 0.906. The van der Waals surface area contributed by atoms with Crippen LogP contribution in [0.5, 0.6) is 0 Å². The van der Waals surface area contributed by atoms with Crippen LogP contribution in [0.25, 0.3) is 121 Å². The van der Waals surface area contributed by atoms with Gasteiger partial charge in [0.05, 0.1) is 60.9 Å². The van der Waals surface area contributed by atoms with Crippen LogP contribution >= 0.6 is 0 Å². The van der Waals surface area contributed by atoms with Crippen molar-refractivity contribution in [3.63, 3.8) is 0 Å². The van der Waals surface area contributed by atoms with Crippen LogP contribution in [0.4, 0.5) is 0 Å². The number of hydrogen-bond acceptors (Lipinski definition) is 1. The van der Waals surface area contributed by atoms with Gasteiger partial charge < -0.3 is 13.4 Å². The molecule has 6 heterocycles. The van der Waals surface area contributed by atoms with E-state index in [0.717, 1.165) is 28.3 Å². The summed E-state index contributed by atoms with van der Waals surface area (Å²) in [5.41, 5.74) is 15.2. The average Bonchev–Trinajstić information content (AvgIpc) is 4.02. The molecule has 0 unspecified atom stereocenters. The lowest BCUT2D eigenvalue weighted by atomic mass is 10.1. The monoisotopic (exact) mass is 737 g/mol. The van der Waals surface area contributed by atoms with Gasteiger partial charge in [0.25, 0.3) is 0 Å². The van der Waals surface area contributed by atoms with Crippen molar-refractivity contribution in [1.82, 2.24) is 22.9 Å². The van der Waals surface area contributed by atoms with Crippen molar-refractivity contribution >= 4 is 98.3 Å². The Morgan fingerprint density at radius 3 is 1.66 bits per heavy atom. The zero-order chi connectivity index (χ0) is 37.6. The number of para-hydroxylation sites is 5. The molecule has 0 aliphatic rings. The normalized spacial score (nSPS) is 12.5. The molecule has 5 heteroatoms. The molecule has 8 aromatic carbocycles. The van der Waals surface area contributed by atoms with E-state index >= 15 is 0 Å². The smallest absolute Gasteiger partial charge is 0.138 e. The molecule has 0 amide bonds. The summed E-state index contributed by atoms with van der Waals surface area (Å²) in [6, 6.07) is 68.3. The lowest BCUT2D eigenvalue weighted by Gasteiger charge is -2.11. The Hall–Kier alpha value is -7.89. The Morgan fingerprint density at radius 2 is 0.845 bits per heavy atom. The molecule has 0 aliphatic carbocycles. The summed E-state index contributed by atoms with van der Waals surface area (Å²) in [6.45, 7) is 0. The van der Waals surface area contributed by atoms with Crippen molar-refractivity contribution in [2.24, 2.45) is 0 Å². The third-order valence-electron chi connectivity index (χ3n) is 12.7. The zero-order valence-corrected chi connectivity index (χ0v) is 31.1. The van der Waals surface area contributed by atoms with Crippen LogP contribution in [-0.4, -0.2) is 22.9 Å². The van der Waals surface area contributed by atoms with Crippen molar-refractivity contribution in [2.75, 3.05) is 0 Å². The van der Waals surface area contributed by atoms with Gasteiger partial charge in [-0.1, -0.05) is 127 Å². The summed E-state index contributed by atoms with van der Waals surface area (Å²) in [5, 5.41) is 9.94. The van der Waals surface area contributed by atoms with Crippen molar-refractivity contribution in [2.45, 2.75) is 0 Å². The van der Waals surface area contributed by atoms with Gasteiger partial charge in [-0.2, -0.15) is 0 Å². The summed E-state index contributed by atoms with van der Waals surface area (Å²) in [5.74, 6) is 0.906. The highest BCUT2D eigenvalue weighted by molar-refractivity contribution is 6.32. The van der Waals surface area contributed by atoms with E-state index in [-0.39, 0.29) is 0 Å². The number of aromatic nitrogens is 5. The lowest BCUT2D eigenvalue weighted by molar-refractivity contribution is 1.09. The second kappa shape index (κ2) is 10.9. The molecule has 268 valence electrons. The predicted molar refractivity (Wildman–Crippen MR) is 241 cm³/mol. The molecule has 0 saturated carbocycles. The molecule has 0 atom stereocenters. The minimum atomic E-state index is 0.906. The van der Waals surface area contributed by atoms with Crippen LogP contribution in [0, 0.1) is 0 Å². The lowest BCUT2D eigenvalue weighted by Crippen LogP contribution is -1.99. The summed E-state index contributed by atoms with van der Waals surface area (Å²) >= 11 is 0. The van der Waals surface area contributed by atoms with Crippen LogP contribution in [0.3, 0.4) is 0 Å². The third kappa shape index (κ3) is 3.69. The predicted octanol–water partition coefficient (Wildman–Crippen LogP) is 13.5. The van der Waals surface area contributed by atoms with E-state index in [1.54, 1.807) is 0 Å². The topological polar surface area (TPSA) is 31.6 Å². The fourth-order valence-corrected chi connectivity index (χ4v) is 10.4. The highest BCUT2D eigenvalue weighted by atomic mass is 15.1. The quantitative estimate of drug-likeness (QED) is 0.166. The second-order valence-corrected chi connectivity index (χ2v) is 15.5. The maximum absolute atomic E-state index is 5.35. The van der Waals surface area contributed by atoms with Crippen molar-refractivity contribution in [1.29, 1.82) is 0 Å². The van der Waals surface area contributed by atoms with Gasteiger partial charge in [0, 0.05) is 54.3 Å². The molecule has 0 spiro atoms. The molecule has 0 radical (unpaired) electrons. The van der Waals surface area contributed by atoms with Crippen LogP contribution in [-0.2, 0) is 0 Å². The largest absolute Gasteiger partial charge is 0.309 e. The zero-order valence-electron chi connectivity index (χ0n) is 31.1. The molecule has 14 rings (SSSR count). The molecule has 0 saturated heterocycles. The Bertz CT molecular complexity index is 4010. The fourth-order valence-electron chi connectivity index (χ4n) is 10.4. The number of pyridine rings is 1. The van der Waals surface area contributed by atoms with Gasteiger partial charge in [0.2, 0.25) is 0 Å². The molecule has 14 aromatic rings. The van der Waals surface area contributed by atoms with Crippen LogP contribution < -0.4 is 0 Å². The van der Waals surface area contributed by atoms with Crippen LogP contribution in [0.1, 0.15) is 0 Å². The van der Waals surface area contributed by atoms with Gasteiger partial charge in [-0.05, 0) is 60.7 Å². The van der Waals surface area contributed by atoms with Crippen molar-refractivity contribution in [3.8, 4) is 22.8 Å². The first-order valence-electron chi connectivity index (χ1n) is 19.9. The van der Waals surface area contributed by atoms with E-state index in [2.05, 4.69) is 206 Å². The summed E-state index contributed by atoms with van der Waals surface area (Å²) in [7, 11) is 0. The second-order valence-electron chi connectivity index (χ2n) is 15.5. The van der Waals surface area contributed by atoms with Gasteiger partial charge >= 0.3 is 0 Å². The molecule has 0 N–H and O–H groups in total. The fraction of sp³-hybridized carbons (Fsp3) is 0. The van der Waals surface area contributed by atoms with Gasteiger partial charge in [-0.25, -0.2) is 4.98 Å². The highest BCUT2D eigenvalue weighted by Gasteiger charge is 2.26. The van der Waals surface area contributed by atoms with E-state index in [1.165, 1.54) is 92.7 Å². The molecule has 0 fully saturated rings. The molecular weight excluding hydrogens is 707 g/mol. The molecule has 0 aliphatic heterocycles. The van der Waals surface area contributed by atoms with Crippen LogP contribution in [0.2, 0.25) is 0 Å². The first kappa shape index (κ1) is 30.3. The first-order chi connectivity index (χ1) is 28.8. The first-order valence-corrected chi connectivity index (χ1v) is 19.9. The Kier molecular flexibility index (Phi) is 5.70. The summed E-state index contributed by atoms with van der Waals surface area (Å²) < 4.78 is 9.92. The number of benzene rings is 8.